The Morgan fingerprint density at radius 2 is 1.43 bits per heavy atom. The summed E-state index contributed by atoms with van der Waals surface area (Å²) in [5, 5.41) is 2.62. The van der Waals surface area contributed by atoms with Crippen molar-refractivity contribution in [3.05, 3.63) is 83.4 Å². The summed E-state index contributed by atoms with van der Waals surface area (Å²) in [6.07, 6.45) is 0.969. The first-order chi connectivity index (χ1) is 10.3. The first-order valence-corrected chi connectivity index (χ1v) is 7.36. The summed E-state index contributed by atoms with van der Waals surface area (Å²) in [5.41, 5.74) is 6.58. The number of benzene rings is 3. The van der Waals surface area contributed by atoms with Crippen LogP contribution in [0.4, 0.5) is 0 Å². The smallest absolute Gasteiger partial charge is 0.0500 e. The average Bonchev–Trinajstić information content (AvgIpc) is 2.89. The highest BCUT2D eigenvalue weighted by molar-refractivity contribution is 6.08. The van der Waals surface area contributed by atoms with E-state index in [-0.39, 0.29) is 0 Å². The van der Waals surface area contributed by atoms with E-state index in [4.69, 9.17) is 0 Å². The summed E-state index contributed by atoms with van der Waals surface area (Å²) < 4.78 is 0. The Morgan fingerprint density at radius 1 is 0.714 bits per heavy atom. The highest BCUT2D eigenvalue weighted by Crippen LogP contribution is 2.28. The van der Waals surface area contributed by atoms with E-state index in [1.54, 1.807) is 0 Å². The van der Waals surface area contributed by atoms with E-state index in [9.17, 15) is 0 Å². The Kier molecular flexibility index (Phi) is 2.78. The summed E-state index contributed by atoms with van der Waals surface area (Å²) in [7, 11) is 0. The molecule has 0 saturated heterocycles. The van der Waals surface area contributed by atoms with Crippen LogP contribution in [-0.4, -0.2) is 4.98 Å². The quantitative estimate of drug-likeness (QED) is 0.514. The maximum absolute atomic E-state index is 3.59. The number of H-pyrrole nitrogens is 1. The van der Waals surface area contributed by atoms with Crippen LogP contribution in [0.25, 0.3) is 21.8 Å². The molecule has 0 aliphatic heterocycles. The molecule has 0 spiro atoms. The van der Waals surface area contributed by atoms with Gasteiger partial charge in [0.2, 0.25) is 0 Å². The lowest BCUT2D eigenvalue weighted by Crippen LogP contribution is -1.92. The van der Waals surface area contributed by atoms with E-state index >= 15 is 0 Å². The molecule has 1 aromatic heterocycles. The lowest BCUT2D eigenvalue weighted by Gasteiger charge is -2.07. The topological polar surface area (TPSA) is 15.8 Å². The minimum atomic E-state index is 0.969. The molecule has 0 atom stereocenters. The molecule has 21 heavy (non-hydrogen) atoms. The van der Waals surface area contributed by atoms with Gasteiger partial charge in [-0.15, -0.1) is 0 Å². The summed E-state index contributed by atoms with van der Waals surface area (Å²) in [6.45, 7) is 2.18. The van der Waals surface area contributed by atoms with Crippen LogP contribution in [0, 0.1) is 6.92 Å². The first-order valence-electron chi connectivity index (χ1n) is 7.36. The van der Waals surface area contributed by atoms with Gasteiger partial charge in [0.25, 0.3) is 0 Å². The van der Waals surface area contributed by atoms with E-state index in [0.717, 1.165) is 6.42 Å². The first kappa shape index (κ1) is 12.2. The highest BCUT2D eigenvalue weighted by Gasteiger charge is 2.08. The normalized spacial score (nSPS) is 11.3. The van der Waals surface area contributed by atoms with Crippen molar-refractivity contribution in [1.82, 2.24) is 4.98 Å². The van der Waals surface area contributed by atoms with Crippen molar-refractivity contribution in [3.8, 4) is 0 Å². The number of aryl methyl sites for hydroxylation is 1. The molecule has 0 aliphatic carbocycles. The van der Waals surface area contributed by atoms with Gasteiger partial charge in [-0.25, -0.2) is 0 Å². The van der Waals surface area contributed by atoms with E-state index in [1.165, 1.54) is 38.5 Å². The van der Waals surface area contributed by atoms with Crippen LogP contribution in [0.5, 0.6) is 0 Å². The summed E-state index contributed by atoms with van der Waals surface area (Å²) in [4.78, 5) is 3.59. The molecule has 4 aromatic rings. The molecule has 1 heteroatoms. The van der Waals surface area contributed by atoms with Crippen molar-refractivity contribution in [2.75, 3.05) is 0 Å². The number of nitrogens with one attached hydrogen (secondary N) is 1. The molecule has 1 N–H and O–H groups in total. The lowest BCUT2D eigenvalue weighted by molar-refractivity contribution is 1.16. The van der Waals surface area contributed by atoms with Crippen LogP contribution in [0.15, 0.2) is 66.7 Å². The molecule has 1 heterocycles. The highest BCUT2D eigenvalue weighted by atomic mass is 14.7. The second-order valence-corrected chi connectivity index (χ2v) is 5.61. The van der Waals surface area contributed by atoms with Gasteiger partial charge in [0.1, 0.15) is 0 Å². The Balaban J connectivity index is 1.91. The number of aromatic nitrogens is 1. The van der Waals surface area contributed by atoms with Crippen molar-refractivity contribution < 1.29 is 0 Å². The molecule has 0 saturated carbocycles. The second kappa shape index (κ2) is 4.78. The van der Waals surface area contributed by atoms with Crippen LogP contribution < -0.4 is 0 Å². The van der Waals surface area contributed by atoms with Crippen LogP contribution in [0.1, 0.15) is 16.7 Å². The molecule has 0 amide bonds. The lowest BCUT2D eigenvalue weighted by atomic mass is 9.99. The Bertz CT molecular complexity index is 931. The molecule has 3 aromatic carbocycles. The minimum absolute atomic E-state index is 0.969. The van der Waals surface area contributed by atoms with E-state index < -0.39 is 0 Å². The van der Waals surface area contributed by atoms with Crippen molar-refractivity contribution in [2.45, 2.75) is 13.3 Å². The zero-order chi connectivity index (χ0) is 14.2. The number of fused-ring (bicyclic) bond motifs is 3. The third-order valence-electron chi connectivity index (χ3n) is 4.27. The number of rotatable bonds is 2. The van der Waals surface area contributed by atoms with Crippen molar-refractivity contribution in [2.24, 2.45) is 0 Å². The Morgan fingerprint density at radius 3 is 2.33 bits per heavy atom. The van der Waals surface area contributed by atoms with Gasteiger partial charge in [-0.3, -0.25) is 0 Å². The number of hydrogen-bond acceptors (Lipinski definition) is 0. The van der Waals surface area contributed by atoms with Gasteiger partial charge in [-0.1, -0.05) is 60.7 Å². The summed E-state index contributed by atoms with van der Waals surface area (Å²) >= 11 is 0. The van der Waals surface area contributed by atoms with Gasteiger partial charge in [0.15, 0.2) is 0 Å². The zero-order valence-corrected chi connectivity index (χ0v) is 12.1. The fraction of sp³-hybridized carbons (Fsp3) is 0.100. The molecule has 102 valence electrons. The third-order valence-corrected chi connectivity index (χ3v) is 4.27. The van der Waals surface area contributed by atoms with E-state index in [0.29, 0.717) is 0 Å². The predicted octanol–water partition coefficient (Wildman–Crippen LogP) is 5.22. The van der Waals surface area contributed by atoms with E-state index in [2.05, 4.69) is 78.6 Å². The fourth-order valence-electron chi connectivity index (χ4n) is 3.09. The predicted molar refractivity (Wildman–Crippen MR) is 89.8 cm³/mol. The van der Waals surface area contributed by atoms with Crippen LogP contribution in [-0.2, 0) is 6.42 Å². The molecule has 0 radical (unpaired) electrons. The van der Waals surface area contributed by atoms with Gasteiger partial charge in [-0.05, 0) is 36.1 Å². The van der Waals surface area contributed by atoms with Crippen LogP contribution in [0.2, 0.25) is 0 Å². The van der Waals surface area contributed by atoms with E-state index in [1.807, 2.05) is 0 Å². The van der Waals surface area contributed by atoms with Crippen molar-refractivity contribution in [3.63, 3.8) is 0 Å². The van der Waals surface area contributed by atoms with Gasteiger partial charge < -0.3 is 4.98 Å². The van der Waals surface area contributed by atoms with Gasteiger partial charge >= 0.3 is 0 Å². The van der Waals surface area contributed by atoms with Gasteiger partial charge in [0.05, 0.1) is 5.52 Å². The molecule has 0 aliphatic rings. The number of hydrogen-bond donors (Lipinski definition) is 1. The molecular formula is C20H17N. The fourth-order valence-corrected chi connectivity index (χ4v) is 3.09. The molecule has 0 fully saturated rings. The van der Waals surface area contributed by atoms with Crippen molar-refractivity contribution >= 4 is 21.8 Å². The monoisotopic (exact) mass is 271 g/mol. The van der Waals surface area contributed by atoms with Gasteiger partial charge in [-0.2, -0.15) is 0 Å². The molecule has 1 nitrogen and oxygen atoms in total. The SMILES string of the molecule is Cc1ccccc1Cc1cccc2c1[nH]c1ccccc12. The maximum Gasteiger partial charge on any atom is 0.0500 e. The summed E-state index contributed by atoms with van der Waals surface area (Å²) in [5.74, 6) is 0. The second-order valence-electron chi connectivity index (χ2n) is 5.61. The Hall–Kier alpha value is -2.54. The van der Waals surface area contributed by atoms with Crippen LogP contribution >= 0.6 is 0 Å². The zero-order valence-electron chi connectivity index (χ0n) is 12.1. The summed E-state index contributed by atoms with van der Waals surface area (Å²) in [6, 6.07) is 23.7. The molecular weight excluding hydrogens is 254 g/mol. The molecule has 0 unspecified atom stereocenters. The maximum atomic E-state index is 3.59. The largest absolute Gasteiger partial charge is 0.354 e. The standard InChI is InChI=1S/C20H17N/c1-14-7-2-3-8-15(14)13-16-9-6-11-18-17-10-4-5-12-19(17)21-20(16)18/h2-12,21H,13H2,1H3. The minimum Gasteiger partial charge on any atom is -0.354 e. The van der Waals surface area contributed by atoms with Gasteiger partial charge in [0, 0.05) is 16.3 Å². The molecule has 4 rings (SSSR count). The number of aromatic amines is 1. The van der Waals surface area contributed by atoms with Crippen LogP contribution in [0.3, 0.4) is 0 Å². The Labute approximate surface area is 124 Å². The van der Waals surface area contributed by atoms with Crippen molar-refractivity contribution in [1.29, 1.82) is 0 Å². The molecule has 0 bridgehead atoms. The number of para-hydroxylation sites is 2. The average molecular weight is 271 g/mol. The third kappa shape index (κ3) is 2.02.